The molecule has 108 valence electrons. The number of nitrogens with one attached hydrogen (secondary N) is 1. The first-order valence-electron chi connectivity index (χ1n) is 7.22. The third kappa shape index (κ3) is 6.05. The van der Waals surface area contributed by atoms with Crippen LogP contribution in [0, 0.1) is 5.92 Å². The minimum Gasteiger partial charge on any atom is -0.353 e. The molecular formula is C14H29ClN2O. The van der Waals surface area contributed by atoms with Crippen molar-refractivity contribution < 1.29 is 4.79 Å². The molecule has 1 aliphatic rings. The number of carbonyl (C=O) groups excluding carboxylic acids is 1. The topological polar surface area (TPSA) is 55.1 Å². The van der Waals surface area contributed by atoms with Crippen molar-refractivity contribution >= 4 is 18.3 Å². The van der Waals surface area contributed by atoms with E-state index in [1.165, 1.54) is 32.1 Å². The van der Waals surface area contributed by atoms with Gasteiger partial charge in [-0.15, -0.1) is 12.4 Å². The first-order valence-corrected chi connectivity index (χ1v) is 7.22. The molecule has 3 N–H and O–H groups in total. The number of rotatable bonds is 6. The molecule has 0 spiro atoms. The maximum absolute atomic E-state index is 11.8. The second-order valence-electron chi connectivity index (χ2n) is 5.35. The van der Waals surface area contributed by atoms with Gasteiger partial charge in [0.1, 0.15) is 0 Å². The number of nitrogens with two attached hydrogens (primary N) is 1. The number of amides is 1. The van der Waals surface area contributed by atoms with Gasteiger partial charge >= 0.3 is 0 Å². The fraction of sp³-hybridized carbons (Fsp3) is 0.929. The summed E-state index contributed by atoms with van der Waals surface area (Å²) in [6.45, 7) is 4.21. The molecule has 0 radical (unpaired) electrons. The molecule has 0 aliphatic heterocycles. The summed E-state index contributed by atoms with van der Waals surface area (Å²) >= 11 is 0. The Morgan fingerprint density at radius 3 is 2.28 bits per heavy atom. The van der Waals surface area contributed by atoms with Crippen LogP contribution in [-0.4, -0.2) is 18.0 Å². The Balaban J connectivity index is 0.00000289. The minimum absolute atomic E-state index is 0. The Bertz CT molecular complexity index is 226. The van der Waals surface area contributed by atoms with E-state index in [-0.39, 0.29) is 24.4 Å². The molecule has 1 atom stereocenters. The summed E-state index contributed by atoms with van der Waals surface area (Å²) in [5, 5.41) is 3.07. The van der Waals surface area contributed by atoms with E-state index in [0.29, 0.717) is 18.4 Å². The van der Waals surface area contributed by atoms with Crippen molar-refractivity contribution in [3.05, 3.63) is 0 Å². The van der Waals surface area contributed by atoms with Gasteiger partial charge in [0.25, 0.3) is 0 Å². The maximum Gasteiger partial charge on any atom is 0.221 e. The average Bonchev–Trinajstić information content (AvgIpc) is 2.37. The third-order valence-corrected chi connectivity index (χ3v) is 4.03. The summed E-state index contributed by atoms with van der Waals surface area (Å²) < 4.78 is 0. The number of hydrogen-bond acceptors (Lipinski definition) is 2. The molecule has 18 heavy (non-hydrogen) atoms. The molecule has 0 saturated heterocycles. The van der Waals surface area contributed by atoms with Gasteiger partial charge < -0.3 is 11.1 Å². The third-order valence-electron chi connectivity index (χ3n) is 4.03. The zero-order valence-electron chi connectivity index (χ0n) is 11.8. The van der Waals surface area contributed by atoms with Gasteiger partial charge in [-0.3, -0.25) is 4.79 Å². The Morgan fingerprint density at radius 2 is 1.78 bits per heavy atom. The summed E-state index contributed by atoms with van der Waals surface area (Å²) in [5.74, 6) is 0.702. The summed E-state index contributed by atoms with van der Waals surface area (Å²) in [7, 11) is 0. The highest BCUT2D eigenvalue weighted by Crippen LogP contribution is 2.26. The van der Waals surface area contributed by atoms with Crippen LogP contribution in [0.3, 0.4) is 0 Å². The largest absolute Gasteiger partial charge is 0.353 e. The molecule has 1 aliphatic carbocycles. The molecule has 0 aromatic heterocycles. The monoisotopic (exact) mass is 276 g/mol. The average molecular weight is 277 g/mol. The van der Waals surface area contributed by atoms with Gasteiger partial charge in [0.05, 0.1) is 0 Å². The molecular weight excluding hydrogens is 248 g/mol. The molecule has 0 bridgehead atoms. The van der Waals surface area contributed by atoms with Crippen molar-refractivity contribution in [2.24, 2.45) is 11.7 Å². The van der Waals surface area contributed by atoms with Crippen LogP contribution in [0.5, 0.6) is 0 Å². The standard InChI is InChI=1S/C14H28N2O.ClH/c1-3-12(4-2)16-14(17)10-13(15)11-8-6-5-7-9-11;/h11-13H,3-10,15H2,1-2H3,(H,16,17);1H. The van der Waals surface area contributed by atoms with Crippen molar-refractivity contribution in [1.82, 2.24) is 5.32 Å². The van der Waals surface area contributed by atoms with Gasteiger partial charge in [0, 0.05) is 18.5 Å². The van der Waals surface area contributed by atoms with Crippen molar-refractivity contribution in [2.45, 2.75) is 77.3 Å². The normalized spacial score (nSPS) is 18.2. The molecule has 4 heteroatoms. The van der Waals surface area contributed by atoms with Gasteiger partial charge in [-0.2, -0.15) is 0 Å². The predicted octanol–water partition coefficient (Wildman–Crippen LogP) is 3.01. The fourth-order valence-corrected chi connectivity index (χ4v) is 2.72. The van der Waals surface area contributed by atoms with Crippen molar-refractivity contribution in [3.63, 3.8) is 0 Å². The molecule has 0 aromatic carbocycles. The quantitative estimate of drug-likeness (QED) is 0.784. The van der Waals surface area contributed by atoms with Crippen LogP contribution in [0.25, 0.3) is 0 Å². The molecule has 1 saturated carbocycles. The molecule has 0 aromatic rings. The van der Waals surface area contributed by atoms with E-state index in [4.69, 9.17) is 5.73 Å². The summed E-state index contributed by atoms with van der Waals surface area (Å²) in [4.78, 5) is 11.8. The highest BCUT2D eigenvalue weighted by molar-refractivity contribution is 5.85. The first kappa shape index (κ1) is 17.7. The van der Waals surface area contributed by atoms with Crippen LogP contribution in [-0.2, 0) is 4.79 Å². The molecule has 1 amide bonds. The number of halogens is 1. The van der Waals surface area contributed by atoms with E-state index >= 15 is 0 Å². The van der Waals surface area contributed by atoms with E-state index in [0.717, 1.165) is 12.8 Å². The summed E-state index contributed by atoms with van der Waals surface area (Å²) in [5.41, 5.74) is 6.15. The van der Waals surface area contributed by atoms with Crippen molar-refractivity contribution in [2.75, 3.05) is 0 Å². The lowest BCUT2D eigenvalue weighted by molar-refractivity contribution is -0.122. The summed E-state index contributed by atoms with van der Waals surface area (Å²) in [6.07, 6.45) is 8.82. The molecule has 1 fully saturated rings. The Labute approximate surface area is 118 Å². The molecule has 1 rings (SSSR count). The Hall–Kier alpha value is -0.280. The van der Waals surface area contributed by atoms with Crippen molar-refractivity contribution in [3.8, 4) is 0 Å². The second kappa shape index (κ2) is 9.62. The van der Waals surface area contributed by atoms with Gasteiger partial charge in [-0.1, -0.05) is 33.1 Å². The molecule has 1 unspecified atom stereocenters. The summed E-state index contributed by atoms with van der Waals surface area (Å²) in [6, 6.07) is 0.380. The van der Waals surface area contributed by atoms with Gasteiger partial charge in [-0.05, 0) is 31.6 Å². The van der Waals surface area contributed by atoms with Gasteiger partial charge in [0.2, 0.25) is 5.91 Å². The van der Waals surface area contributed by atoms with Crippen LogP contribution < -0.4 is 11.1 Å². The van der Waals surface area contributed by atoms with Crippen LogP contribution in [0.4, 0.5) is 0 Å². The van der Waals surface area contributed by atoms with Crippen LogP contribution in [0.2, 0.25) is 0 Å². The smallest absolute Gasteiger partial charge is 0.221 e. The molecule has 3 nitrogen and oxygen atoms in total. The van der Waals surface area contributed by atoms with E-state index in [1.54, 1.807) is 0 Å². The van der Waals surface area contributed by atoms with E-state index in [9.17, 15) is 4.79 Å². The van der Waals surface area contributed by atoms with Crippen LogP contribution in [0.1, 0.15) is 65.2 Å². The Morgan fingerprint density at radius 1 is 1.22 bits per heavy atom. The van der Waals surface area contributed by atoms with Gasteiger partial charge in [0.15, 0.2) is 0 Å². The first-order chi connectivity index (χ1) is 8.17. The SMILES string of the molecule is CCC(CC)NC(=O)CC(N)C1CCCCC1.Cl. The molecule has 0 heterocycles. The lowest BCUT2D eigenvalue weighted by atomic mass is 9.83. The van der Waals surface area contributed by atoms with Crippen LogP contribution in [0.15, 0.2) is 0 Å². The van der Waals surface area contributed by atoms with Crippen LogP contribution >= 0.6 is 12.4 Å². The minimum atomic E-state index is 0. The predicted molar refractivity (Wildman–Crippen MR) is 78.9 cm³/mol. The zero-order valence-corrected chi connectivity index (χ0v) is 12.6. The maximum atomic E-state index is 11.8. The van der Waals surface area contributed by atoms with E-state index < -0.39 is 0 Å². The number of hydrogen-bond donors (Lipinski definition) is 2. The second-order valence-corrected chi connectivity index (χ2v) is 5.35. The Kier molecular flexibility index (Phi) is 9.47. The van der Waals surface area contributed by atoms with Crippen molar-refractivity contribution in [1.29, 1.82) is 0 Å². The van der Waals surface area contributed by atoms with E-state index in [1.807, 2.05) is 0 Å². The lowest BCUT2D eigenvalue weighted by Crippen LogP contribution is -2.40. The zero-order chi connectivity index (χ0) is 12.7. The van der Waals surface area contributed by atoms with Gasteiger partial charge in [-0.25, -0.2) is 0 Å². The highest BCUT2D eigenvalue weighted by atomic mass is 35.5. The van der Waals surface area contributed by atoms with E-state index in [2.05, 4.69) is 19.2 Å². The lowest BCUT2D eigenvalue weighted by Gasteiger charge is -2.27. The highest BCUT2D eigenvalue weighted by Gasteiger charge is 2.23. The fourth-order valence-electron chi connectivity index (χ4n) is 2.72. The number of carbonyl (C=O) groups is 1.